The van der Waals surface area contributed by atoms with Gasteiger partial charge in [0.15, 0.2) is 0 Å². The number of ketones is 1. The molecule has 1 aliphatic heterocycles. The minimum Gasteiger partial charge on any atom is -0.391 e. The van der Waals surface area contributed by atoms with Crippen molar-refractivity contribution >= 4 is 115 Å². The molecule has 394 valence electrons. The Morgan fingerprint density at radius 2 is 1.14 bits per heavy atom. The van der Waals surface area contributed by atoms with Crippen LogP contribution in [-0.4, -0.2) is 111 Å². The second-order valence-electron chi connectivity index (χ2n) is 17.2. The van der Waals surface area contributed by atoms with Crippen molar-refractivity contribution in [2.24, 2.45) is 5.92 Å². The van der Waals surface area contributed by atoms with Crippen LogP contribution in [0.2, 0.25) is 0 Å². The molecule has 7 aromatic heterocycles. The number of aliphatic hydroxyl groups is 2. The number of hydrogen-bond acceptors (Lipinski definition) is 22. The highest BCUT2D eigenvalue weighted by molar-refractivity contribution is 7.15. The van der Waals surface area contributed by atoms with Crippen molar-refractivity contribution in [2.45, 2.75) is 78.8 Å². The predicted molar refractivity (Wildman–Crippen MR) is 289 cm³/mol. The molecule has 0 spiro atoms. The normalized spacial score (nSPS) is 18.0. The average Bonchev–Trinajstić information content (AvgIpc) is 4.26. The van der Waals surface area contributed by atoms with Gasteiger partial charge in [0.1, 0.15) is 93.5 Å². The molecular formula is C48H47N13O9S6. The van der Waals surface area contributed by atoms with Gasteiger partial charge in [0, 0.05) is 37.8 Å². The highest BCUT2D eigenvalue weighted by atomic mass is 32.1. The zero-order valence-electron chi connectivity index (χ0n) is 41.3. The van der Waals surface area contributed by atoms with E-state index in [1.807, 2.05) is 13.8 Å². The summed E-state index contributed by atoms with van der Waals surface area (Å²) < 4.78 is 0. The highest BCUT2D eigenvalue weighted by Gasteiger charge is 2.32. The van der Waals surface area contributed by atoms with Crippen molar-refractivity contribution in [1.82, 2.24) is 66.8 Å². The van der Waals surface area contributed by atoms with E-state index in [9.17, 15) is 43.8 Å². The zero-order valence-corrected chi connectivity index (χ0v) is 46.2. The van der Waals surface area contributed by atoms with Crippen LogP contribution in [0.5, 0.6) is 0 Å². The molecule has 1 aliphatic rings. The fourth-order valence-electron chi connectivity index (χ4n) is 7.17. The minimum absolute atomic E-state index is 0.0317. The van der Waals surface area contributed by atoms with Gasteiger partial charge in [0.25, 0.3) is 29.5 Å². The Labute approximate surface area is 457 Å². The van der Waals surface area contributed by atoms with Crippen molar-refractivity contribution in [3.05, 3.63) is 100 Å². The van der Waals surface area contributed by atoms with Crippen LogP contribution < -0.4 is 31.9 Å². The Morgan fingerprint density at radius 3 is 1.79 bits per heavy atom. The van der Waals surface area contributed by atoms with Gasteiger partial charge in [0.05, 0.1) is 36.2 Å². The first-order chi connectivity index (χ1) is 36.3. The lowest BCUT2D eigenvalue weighted by atomic mass is 10.1. The van der Waals surface area contributed by atoms with Crippen LogP contribution in [0.4, 0.5) is 0 Å². The molecule has 28 heteroatoms. The largest absolute Gasteiger partial charge is 0.391 e. The van der Waals surface area contributed by atoms with Crippen LogP contribution in [0.25, 0.3) is 49.1 Å². The van der Waals surface area contributed by atoms with Crippen molar-refractivity contribution in [3.63, 3.8) is 0 Å². The van der Waals surface area contributed by atoms with E-state index in [2.05, 4.69) is 51.8 Å². The number of Topliss-reactive ketones (excluding diaryl/α,β-unsaturated/α-hetero) is 1. The van der Waals surface area contributed by atoms with Crippen LogP contribution >= 0.6 is 68.0 Å². The lowest BCUT2D eigenvalue weighted by molar-refractivity contribution is -0.124. The number of allylic oxidation sites excluding steroid dienone is 2. The second-order valence-corrected chi connectivity index (χ2v) is 22.4. The van der Waals surface area contributed by atoms with Gasteiger partial charge in [-0.05, 0) is 52.7 Å². The summed E-state index contributed by atoms with van der Waals surface area (Å²) in [6, 6.07) is 0.349. The van der Waals surface area contributed by atoms with Gasteiger partial charge in [-0.15, -0.1) is 68.0 Å². The summed E-state index contributed by atoms with van der Waals surface area (Å²) in [6.45, 7) is 11.0. The lowest BCUT2D eigenvalue weighted by Gasteiger charge is -2.21. The van der Waals surface area contributed by atoms with Crippen LogP contribution in [0, 0.1) is 5.92 Å². The topological polar surface area (TPSA) is 322 Å². The maximum Gasteiger partial charge on any atom is 0.275 e. The van der Waals surface area contributed by atoms with Crippen LogP contribution in [0.15, 0.2) is 62.3 Å². The highest BCUT2D eigenvalue weighted by Crippen LogP contribution is 2.38. The van der Waals surface area contributed by atoms with Gasteiger partial charge in [-0.2, -0.15) is 0 Å². The third-order valence-corrected chi connectivity index (χ3v) is 16.5. The predicted octanol–water partition coefficient (Wildman–Crippen LogP) is 5.78. The number of hydrogen-bond donors (Lipinski definition) is 8. The summed E-state index contributed by atoms with van der Waals surface area (Å²) >= 11 is 6.94. The number of carbonyl (C=O) groups excluding carboxylic acids is 7. The number of rotatable bonds is 10. The molecule has 22 nitrogen and oxygen atoms in total. The monoisotopic (exact) mass is 1140 g/mol. The van der Waals surface area contributed by atoms with Gasteiger partial charge in [-0.1, -0.05) is 26.0 Å². The third kappa shape index (κ3) is 12.4. The van der Waals surface area contributed by atoms with E-state index in [0.717, 1.165) is 45.3 Å². The van der Waals surface area contributed by atoms with E-state index in [-0.39, 0.29) is 57.4 Å². The summed E-state index contributed by atoms with van der Waals surface area (Å²) in [6.07, 6.45) is 0.482. The average molecular weight is 1140 g/mol. The molecule has 8 bridgehead atoms. The molecule has 8 heterocycles. The van der Waals surface area contributed by atoms with E-state index >= 15 is 0 Å². The quantitative estimate of drug-likeness (QED) is 0.0753. The number of aliphatic hydroxyl groups excluding tert-OH is 2. The third-order valence-electron chi connectivity index (χ3n) is 11.2. The Balaban J connectivity index is 1.15. The molecule has 7 aromatic rings. The number of carbonyl (C=O) groups is 7. The molecule has 0 radical (unpaired) electrons. The summed E-state index contributed by atoms with van der Waals surface area (Å²) in [5.74, 6) is -4.34. The zero-order chi connectivity index (χ0) is 54.5. The summed E-state index contributed by atoms with van der Waals surface area (Å²) in [7, 11) is 0. The SMILES string of the molecule is CC=C(NC(=O)c1csc(-c2csc(-c3ccc4c(n3)-c3csc(n3)[C@@H]([C@H](C)O)NC(=O)c3csc(n3)[C@@H](C(C)C)NC(=O)c3csc(n3)C(=CC)NC(=O)[C@@H]([C@H](C)O)NC(=O)c3csc-4n3)n2)n1)C(=O)NCC(C)=O. The fourth-order valence-corrected chi connectivity index (χ4v) is 12.4. The number of aromatic nitrogens is 7. The van der Waals surface area contributed by atoms with E-state index in [1.165, 1.54) is 65.7 Å². The number of amides is 6. The number of nitrogens with one attached hydrogen (secondary N) is 6. The molecular weight excluding hydrogens is 1100 g/mol. The maximum absolute atomic E-state index is 13.9. The fraction of sp³-hybridized carbons (Fsp3) is 0.292. The van der Waals surface area contributed by atoms with Gasteiger partial charge in [-0.25, -0.2) is 34.9 Å². The molecule has 0 aliphatic carbocycles. The summed E-state index contributed by atoms with van der Waals surface area (Å²) in [5.41, 5.74) is 2.16. The van der Waals surface area contributed by atoms with Crippen LogP contribution in [-0.2, 0) is 14.4 Å². The lowest BCUT2D eigenvalue weighted by Crippen LogP contribution is -2.52. The summed E-state index contributed by atoms with van der Waals surface area (Å²) in [5, 5.41) is 49.8. The number of thiazole rings is 6. The van der Waals surface area contributed by atoms with Crippen molar-refractivity contribution in [2.75, 3.05) is 6.54 Å². The maximum atomic E-state index is 13.9. The van der Waals surface area contributed by atoms with E-state index in [4.69, 9.17) is 15.0 Å². The first-order valence-electron chi connectivity index (χ1n) is 23.1. The number of fused-ring (bicyclic) bond motifs is 11. The van der Waals surface area contributed by atoms with Crippen LogP contribution in [0.3, 0.4) is 0 Å². The van der Waals surface area contributed by atoms with Crippen LogP contribution in [0.1, 0.15) is 118 Å². The van der Waals surface area contributed by atoms with E-state index < -0.39 is 65.8 Å². The number of nitrogens with zero attached hydrogens (tertiary/aromatic N) is 7. The molecule has 0 unspecified atom stereocenters. The van der Waals surface area contributed by atoms with Gasteiger partial charge < -0.3 is 42.1 Å². The molecule has 5 atom stereocenters. The van der Waals surface area contributed by atoms with Gasteiger partial charge in [-0.3, -0.25) is 33.6 Å². The summed E-state index contributed by atoms with van der Waals surface area (Å²) in [4.78, 5) is 125. The number of pyridine rings is 1. The Kier molecular flexibility index (Phi) is 17.2. The van der Waals surface area contributed by atoms with Crippen molar-refractivity contribution < 1.29 is 43.8 Å². The van der Waals surface area contributed by atoms with E-state index in [1.54, 1.807) is 48.2 Å². The molecule has 0 saturated heterocycles. The molecule has 0 saturated carbocycles. The standard InChI is InChI=1S/C48H47N13O9S6/c1-8-24(37(65)49-12-20(5)62)51-38(66)28-15-73-46(56-28)32-18-74-45(58-32)26-11-10-23-36(50-26)27-13-75-48(53-27)35(22(7)64)61-41(69)31-17-76-47(57-31)33(19(3)4)59-39(67)30-16-72-44(55-30)25(9-2)52-42(70)34(21(6)63)60-40(68)29-14-71-43(23)54-29/h8-11,13-19,21-22,33-35,63-64H,12H2,1-7H3,(H,49,65)(H,51,66)(H,52,70)(H,59,67)(H,60,68)(H,61,69)/t21-,22-,33+,34+,35+/m0/s1. The first kappa shape index (κ1) is 55.1. The van der Waals surface area contributed by atoms with E-state index in [0.29, 0.717) is 53.4 Å². The van der Waals surface area contributed by atoms with Gasteiger partial charge >= 0.3 is 0 Å². The minimum atomic E-state index is -1.45. The van der Waals surface area contributed by atoms with Crippen molar-refractivity contribution in [1.29, 1.82) is 0 Å². The molecule has 8 N–H and O–H groups in total. The molecule has 8 rings (SSSR count). The molecule has 0 fully saturated rings. The Hall–Kier alpha value is -7.18. The Bertz CT molecular complexity index is 3440. The van der Waals surface area contributed by atoms with Gasteiger partial charge in [0.2, 0.25) is 5.91 Å². The Morgan fingerprint density at radius 1 is 0.618 bits per heavy atom. The second kappa shape index (κ2) is 23.8. The first-order valence-corrected chi connectivity index (χ1v) is 28.4. The molecule has 76 heavy (non-hydrogen) atoms. The van der Waals surface area contributed by atoms with Crippen molar-refractivity contribution in [3.8, 4) is 43.4 Å². The molecule has 0 aromatic carbocycles. The molecule has 6 amide bonds. The smallest absolute Gasteiger partial charge is 0.275 e.